The van der Waals surface area contributed by atoms with Crippen molar-refractivity contribution in [2.45, 2.75) is 18.2 Å². The van der Waals surface area contributed by atoms with Gasteiger partial charge in [0.25, 0.3) is 0 Å². The number of nitrogens with one attached hydrogen (secondary N) is 1. The molecule has 1 heterocycles. The molecule has 1 aliphatic rings. The lowest BCUT2D eigenvalue weighted by atomic mass is 10.1. The van der Waals surface area contributed by atoms with Gasteiger partial charge in [-0.1, -0.05) is 30.3 Å². The summed E-state index contributed by atoms with van der Waals surface area (Å²) >= 11 is 2.06. The molecule has 0 bridgehead atoms. The fourth-order valence-electron chi connectivity index (χ4n) is 1.75. The van der Waals surface area contributed by atoms with E-state index in [0.717, 1.165) is 6.54 Å². The molecular weight excluding hydrogens is 178 g/mol. The summed E-state index contributed by atoms with van der Waals surface area (Å²) < 4.78 is 0. The van der Waals surface area contributed by atoms with E-state index in [0.29, 0.717) is 11.3 Å². The predicted molar refractivity (Wildman–Crippen MR) is 59.1 cm³/mol. The molecule has 2 rings (SSSR count). The van der Waals surface area contributed by atoms with Crippen LogP contribution in [0.1, 0.15) is 17.7 Å². The Kier molecular flexibility index (Phi) is 2.91. The summed E-state index contributed by atoms with van der Waals surface area (Å²) in [4.78, 5) is 0. The van der Waals surface area contributed by atoms with Crippen LogP contribution >= 0.6 is 11.8 Å². The first-order valence-electron chi connectivity index (χ1n) is 4.78. The van der Waals surface area contributed by atoms with Gasteiger partial charge in [0.05, 0.1) is 0 Å². The van der Waals surface area contributed by atoms with Crippen LogP contribution in [0.15, 0.2) is 30.3 Å². The number of benzene rings is 1. The molecule has 0 aliphatic carbocycles. The molecule has 0 unspecified atom stereocenters. The van der Waals surface area contributed by atoms with Gasteiger partial charge < -0.3 is 5.32 Å². The molecule has 1 saturated heterocycles. The largest absolute Gasteiger partial charge is 0.312 e. The van der Waals surface area contributed by atoms with E-state index >= 15 is 0 Å². The third-order valence-corrected chi connectivity index (χ3v) is 3.93. The molecule has 1 N–H and O–H groups in total. The fraction of sp³-hybridized carbons (Fsp3) is 0.455. The summed E-state index contributed by atoms with van der Waals surface area (Å²) in [6, 6.07) is 11.4. The monoisotopic (exact) mass is 193 g/mol. The Balaban J connectivity index is 2.15. The molecule has 0 spiro atoms. The minimum Gasteiger partial charge on any atom is -0.312 e. The van der Waals surface area contributed by atoms with Crippen LogP contribution in [0.2, 0.25) is 0 Å². The summed E-state index contributed by atoms with van der Waals surface area (Å²) in [5.41, 5.74) is 1.45. The quantitative estimate of drug-likeness (QED) is 0.735. The van der Waals surface area contributed by atoms with Gasteiger partial charge in [0.2, 0.25) is 0 Å². The molecule has 0 saturated carbocycles. The molecular formula is C11H15NS. The maximum atomic E-state index is 3.51. The van der Waals surface area contributed by atoms with Crippen LogP contribution in [0.4, 0.5) is 0 Å². The van der Waals surface area contributed by atoms with Crippen molar-refractivity contribution in [3.05, 3.63) is 35.9 Å². The Morgan fingerprint density at radius 1 is 1.31 bits per heavy atom. The minimum atomic E-state index is 0.598. The predicted octanol–water partition coefficient (Wildman–Crippen LogP) is 2.45. The highest BCUT2D eigenvalue weighted by Gasteiger charge is 2.22. The number of thioether (sulfide) groups is 1. The van der Waals surface area contributed by atoms with Gasteiger partial charge in [-0.2, -0.15) is 11.8 Å². The van der Waals surface area contributed by atoms with E-state index in [1.54, 1.807) is 0 Å². The van der Waals surface area contributed by atoms with Gasteiger partial charge in [0.1, 0.15) is 0 Å². The Morgan fingerprint density at radius 3 is 2.77 bits per heavy atom. The van der Waals surface area contributed by atoms with Crippen molar-refractivity contribution in [3.8, 4) is 0 Å². The SMILES string of the molecule is C[C@@H]1NCCS[C@H]1c1ccccc1. The van der Waals surface area contributed by atoms with Gasteiger partial charge in [-0.25, -0.2) is 0 Å². The van der Waals surface area contributed by atoms with E-state index < -0.39 is 0 Å². The molecule has 1 fully saturated rings. The molecule has 2 atom stereocenters. The smallest absolute Gasteiger partial charge is 0.0448 e. The molecule has 70 valence electrons. The van der Waals surface area contributed by atoms with Crippen LogP contribution in [0.25, 0.3) is 0 Å². The van der Waals surface area contributed by atoms with E-state index in [4.69, 9.17) is 0 Å². The van der Waals surface area contributed by atoms with Crippen molar-refractivity contribution in [2.75, 3.05) is 12.3 Å². The standard InChI is InChI=1S/C11H15NS/c1-9-11(13-8-7-12-9)10-5-3-2-4-6-10/h2-6,9,11-12H,7-8H2,1H3/t9-,11+/m0/s1. The zero-order chi connectivity index (χ0) is 9.10. The van der Waals surface area contributed by atoms with E-state index in [9.17, 15) is 0 Å². The maximum absolute atomic E-state index is 3.51. The van der Waals surface area contributed by atoms with E-state index in [1.807, 2.05) is 0 Å². The summed E-state index contributed by atoms with van der Waals surface area (Å²) in [6.45, 7) is 3.42. The molecule has 2 heteroatoms. The number of hydrogen-bond acceptors (Lipinski definition) is 2. The molecule has 1 nitrogen and oxygen atoms in total. The third-order valence-electron chi connectivity index (χ3n) is 2.45. The number of hydrogen-bond donors (Lipinski definition) is 1. The Labute approximate surface area is 83.9 Å². The Bertz CT molecular complexity index is 260. The average molecular weight is 193 g/mol. The maximum Gasteiger partial charge on any atom is 0.0448 e. The van der Waals surface area contributed by atoms with Crippen molar-refractivity contribution >= 4 is 11.8 Å². The first-order chi connectivity index (χ1) is 6.38. The van der Waals surface area contributed by atoms with Gasteiger partial charge in [0, 0.05) is 23.6 Å². The summed E-state index contributed by atoms with van der Waals surface area (Å²) in [5, 5.41) is 4.14. The van der Waals surface area contributed by atoms with Gasteiger partial charge >= 0.3 is 0 Å². The number of rotatable bonds is 1. The molecule has 1 aromatic rings. The van der Waals surface area contributed by atoms with Crippen LogP contribution in [-0.2, 0) is 0 Å². The Hall–Kier alpha value is -0.470. The second kappa shape index (κ2) is 4.16. The summed E-state index contributed by atoms with van der Waals surface area (Å²) in [7, 11) is 0. The van der Waals surface area contributed by atoms with Crippen LogP contribution in [0, 0.1) is 0 Å². The molecule has 13 heavy (non-hydrogen) atoms. The van der Waals surface area contributed by atoms with E-state index in [1.165, 1.54) is 11.3 Å². The highest BCUT2D eigenvalue weighted by Crippen LogP contribution is 2.33. The molecule has 0 radical (unpaired) electrons. The lowest BCUT2D eigenvalue weighted by Gasteiger charge is -2.29. The lowest BCUT2D eigenvalue weighted by molar-refractivity contribution is 0.543. The average Bonchev–Trinajstić information content (AvgIpc) is 2.20. The first kappa shape index (κ1) is 9.10. The van der Waals surface area contributed by atoms with Gasteiger partial charge in [-0.3, -0.25) is 0 Å². The van der Waals surface area contributed by atoms with E-state index in [2.05, 4.69) is 54.3 Å². The summed E-state index contributed by atoms with van der Waals surface area (Å²) in [5.74, 6) is 1.23. The van der Waals surface area contributed by atoms with Crippen molar-refractivity contribution in [1.82, 2.24) is 5.32 Å². The normalized spacial score (nSPS) is 28.7. The zero-order valence-corrected chi connectivity index (χ0v) is 8.68. The summed E-state index contributed by atoms with van der Waals surface area (Å²) in [6.07, 6.45) is 0. The lowest BCUT2D eigenvalue weighted by Crippen LogP contribution is -2.37. The molecule has 0 aromatic heterocycles. The van der Waals surface area contributed by atoms with Gasteiger partial charge in [0.15, 0.2) is 0 Å². The van der Waals surface area contributed by atoms with Crippen LogP contribution in [0.5, 0.6) is 0 Å². The zero-order valence-electron chi connectivity index (χ0n) is 7.86. The molecule has 0 amide bonds. The van der Waals surface area contributed by atoms with Crippen LogP contribution in [-0.4, -0.2) is 18.3 Å². The van der Waals surface area contributed by atoms with Gasteiger partial charge in [-0.05, 0) is 12.5 Å². The first-order valence-corrected chi connectivity index (χ1v) is 5.83. The van der Waals surface area contributed by atoms with Crippen molar-refractivity contribution in [2.24, 2.45) is 0 Å². The third kappa shape index (κ3) is 2.06. The Morgan fingerprint density at radius 2 is 2.08 bits per heavy atom. The highest BCUT2D eigenvalue weighted by molar-refractivity contribution is 7.99. The van der Waals surface area contributed by atoms with Gasteiger partial charge in [-0.15, -0.1) is 0 Å². The van der Waals surface area contributed by atoms with Crippen molar-refractivity contribution in [1.29, 1.82) is 0 Å². The van der Waals surface area contributed by atoms with Crippen molar-refractivity contribution in [3.63, 3.8) is 0 Å². The second-order valence-corrected chi connectivity index (χ2v) is 4.69. The minimum absolute atomic E-state index is 0.598. The van der Waals surface area contributed by atoms with Crippen LogP contribution in [0.3, 0.4) is 0 Å². The topological polar surface area (TPSA) is 12.0 Å². The van der Waals surface area contributed by atoms with Crippen molar-refractivity contribution < 1.29 is 0 Å². The molecule has 1 aliphatic heterocycles. The molecule has 1 aromatic carbocycles. The highest BCUT2D eigenvalue weighted by atomic mass is 32.2. The van der Waals surface area contributed by atoms with Crippen LogP contribution < -0.4 is 5.32 Å². The second-order valence-electron chi connectivity index (χ2n) is 3.44. The fourth-order valence-corrected chi connectivity index (χ4v) is 2.98. The van der Waals surface area contributed by atoms with E-state index in [-0.39, 0.29) is 0 Å².